The van der Waals surface area contributed by atoms with Crippen LogP contribution in [0.1, 0.15) is 49.3 Å². The van der Waals surface area contributed by atoms with Gasteiger partial charge in [-0.15, -0.1) is 0 Å². The minimum atomic E-state index is 0.535. The highest BCUT2D eigenvalue weighted by atomic mass is 15.2. The van der Waals surface area contributed by atoms with E-state index in [2.05, 4.69) is 46.6 Å². The van der Waals surface area contributed by atoms with Crippen LogP contribution in [0.3, 0.4) is 0 Å². The van der Waals surface area contributed by atoms with Gasteiger partial charge in [-0.3, -0.25) is 4.90 Å². The van der Waals surface area contributed by atoms with Gasteiger partial charge in [-0.05, 0) is 65.4 Å². The molecule has 0 aromatic carbocycles. The van der Waals surface area contributed by atoms with Gasteiger partial charge in [0.05, 0.1) is 0 Å². The van der Waals surface area contributed by atoms with Crippen LogP contribution in [0.15, 0.2) is 6.07 Å². The Hall–Kier alpha value is -1.00. The second kappa shape index (κ2) is 6.41. The lowest BCUT2D eigenvalue weighted by molar-refractivity contribution is 0.129. The first kappa shape index (κ1) is 14.9. The normalized spacial score (nSPS) is 25.6. The summed E-state index contributed by atoms with van der Waals surface area (Å²) in [5.41, 5.74) is 2.21. The molecule has 0 saturated carbocycles. The molecule has 1 atom stereocenters. The third-order valence-electron chi connectivity index (χ3n) is 5.11. The molecule has 3 rings (SSSR count). The minimum absolute atomic E-state index is 0.535. The highest BCUT2D eigenvalue weighted by Gasteiger charge is 2.32. The van der Waals surface area contributed by atoms with Crippen LogP contribution in [0.25, 0.3) is 0 Å². The topological polar surface area (TPSA) is 32.3 Å². The lowest BCUT2D eigenvalue weighted by Crippen LogP contribution is -2.43. The molecular weight excluding hydrogens is 260 g/mol. The van der Waals surface area contributed by atoms with Gasteiger partial charge >= 0.3 is 0 Å². The van der Waals surface area contributed by atoms with Crippen LogP contribution in [0.5, 0.6) is 0 Å². The van der Waals surface area contributed by atoms with E-state index in [4.69, 9.17) is 0 Å². The van der Waals surface area contributed by atoms with Gasteiger partial charge in [-0.2, -0.15) is 0 Å². The van der Waals surface area contributed by atoms with Gasteiger partial charge in [0.1, 0.15) is 5.82 Å². The molecule has 2 fully saturated rings. The lowest BCUT2D eigenvalue weighted by atomic mass is 10.0. The average Bonchev–Trinajstić information content (AvgIpc) is 2.96. The Morgan fingerprint density at radius 3 is 2.33 bits per heavy atom. The van der Waals surface area contributed by atoms with Crippen molar-refractivity contribution < 1.29 is 0 Å². The smallest absolute Gasteiger partial charge is 0.133 e. The predicted octanol–water partition coefficient (Wildman–Crippen LogP) is 2.37. The zero-order valence-electron chi connectivity index (χ0n) is 13.7. The van der Waals surface area contributed by atoms with E-state index < -0.39 is 0 Å². The van der Waals surface area contributed by atoms with Crippen LogP contribution in [-0.2, 0) is 0 Å². The third kappa shape index (κ3) is 3.43. The number of aryl methyl sites for hydroxylation is 2. The summed E-state index contributed by atoms with van der Waals surface area (Å²) in [6, 6.07) is 2.85. The molecule has 1 aromatic heterocycles. The maximum Gasteiger partial charge on any atom is 0.133 e. The Kier molecular flexibility index (Phi) is 4.55. The molecule has 0 bridgehead atoms. The van der Waals surface area contributed by atoms with Crippen LogP contribution in [0.2, 0.25) is 0 Å². The number of likely N-dealkylation sites (tertiary alicyclic amines) is 2. The Morgan fingerprint density at radius 2 is 1.71 bits per heavy atom. The highest BCUT2D eigenvalue weighted by molar-refractivity contribution is 5.12. The van der Waals surface area contributed by atoms with Crippen LogP contribution in [-0.4, -0.2) is 58.5 Å². The van der Waals surface area contributed by atoms with E-state index in [-0.39, 0.29) is 0 Å². The van der Waals surface area contributed by atoms with E-state index in [1.807, 2.05) is 0 Å². The second-order valence-corrected chi connectivity index (χ2v) is 6.65. The van der Waals surface area contributed by atoms with Gasteiger partial charge < -0.3 is 4.90 Å². The second-order valence-electron chi connectivity index (χ2n) is 6.65. The van der Waals surface area contributed by atoms with Crippen LogP contribution >= 0.6 is 0 Å². The highest BCUT2D eigenvalue weighted by Crippen LogP contribution is 2.29. The van der Waals surface area contributed by atoms with Crippen molar-refractivity contribution in [1.82, 2.24) is 19.8 Å². The number of hydrogen-bond donors (Lipinski definition) is 0. The molecule has 1 unspecified atom stereocenters. The Balaban J connectivity index is 1.60. The number of piperidine rings is 1. The SMILES string of the molecule is CCN1CCC(N2CCC(c3nc(C)cc(C)n3)C2)CC1. The zero-order chi connectivity index (χ0) is 14.8. The molecular formula is C17H28N4. The third-order valence-corrected chi connectivity index (χ3v) is 5.11. The molecule has 0 spiro atoms. The monoisotopic (exact) mass is 288 g/mol. The Bertz CT molecular complexity index is 459. The summed E-state index contributed by atoms with van der Waals surface area (Å²) in [4.78, 5) is 14.6. The summed E-state index contributed by atoms with van der Waals surface area (Å²) in [5, 5.41) is 0. The summed E-state index contributed by atoms with van der Waals surface area (Å²) < 4.78 is 0. The molecule has 0 N–H and O–H groups in total. The first-order valence-electron chi connectivity index (χ1n) is 8.44. The zero-order valence-corrected chi connectivity index (χ0v) is 13.7. The maximum atomic E-state index is 4.67. The number of hydrogen-bond acceptors (Lipinski definition) is 4. The van der Waals surface area contributed by atoms with Gasteiger partial charge in [0, 0.05) is 29.9 Å². The molecule has 2 aliphatic rings. The molecule has 3 heterocycles. The van der Waals surface area contributed by atoms with Crippen LogP contribution < -0.4 is 0 Å². The van der Waals surface area contributed by atoms with E-state index in [0.29, 0.717) is 5.92 Å². The van der Waals surface area contributed by atoms with Gasteiger partial charge in [0.15, 0.2) is 0 Å². The molecule has 1 aromatic rings. The van der Waals surface area contributed by atoms with Crippen molar-refractivity contribution in [2.45, 2.75) is 52.0 Å². The van der Waals surface area contributed by atoms with E-state index in [1.54, 1.807) is 0 Å². The van der Waals surface area contributed by atoms with E-state index in [1.165, 1.54) is 45.4 Å². The van der Waals surface area contributed by atoms with Gasteiger partial charge in [-0.1, -0.05) is 6.92 Å². The van der Waals surface area contributed by atoms with Crippen molar-refractivity contribution in [2.75, 3.05) is 32.7 Å². The van der Waals surface area contributed by atoms with E-state index in [0.717, 1.165) is 29.8 Å². The first-order valence-corrected chi connectivity index (χ1v) is 8.44. The number of rotatable bonds is 3. The summed E-state index contributed by atoms with van der Waals surface area (Å²) >= 11 is 0. The maximum absolute atomic E-state index is 4.67. The fraction of sp³-hybridized carbons (Fsp3) is 0.765. The molecule has 116 valence electrons. The van der Waals surface area contributed by atoms with E-state index >= 15 is 0 Å². The molecule has 4 nitrogen and oxygen atoms in total. The number of nitrogens with zero attached hydrogens (tertiary/aromatic N) is 4. The summed E-state index contributed by atoms with van der Waals surface area (Å²) in [7, 11) is 0. The van der Waals surface area contributed by atoms with Crippen molar-refractivity contribution in [2.24, 2.45) is 0 Å². The Morgan fingerprint density at radius 1 is 1.05 bits per heavy atom. The largest absolute Gasteiger partial charge is 0.303 e. The molecule has 21 heavy (non-hydrogen) atoms. The lowest BCUT2D eigenvalue weighted by Gasteiger charge is -2.36. The molecule has 4 heteroatoms. The molecule has 2 aliphatic heterocycles. The van der Waals surface area contributed by atoms with E-state index in [9.17, 15) is 0 Å². The minimum Gasteiger partial charge on any atom is -0.303 e. The quantitative estimate of drug-likeness (QED) is 0.855. The van der Waals surface area contributed by atoms with Crippen molar-refractivity contribution in [1.29, 1.82) is 0 Å². The first-order chi connectivity index (χ1) is 10.2. The average molecular weight is 288 g/mol. The van der Waals surface area contributed by atoms with Crippen LogP contribution in [0.4, 0.5) is 0 Å². The van der Waals surface area contributed by atoms with Gasteiger partial charge in [-0.25, -0.2) is 9.97 Å². The fourth-order valence-electron chi connectivity index (χ4n) is 3.87. The van der Waals surface area contributed by atoms with Gasteiger partial charge in [0.25, 0.3) is 0 Å². The molecule has 0 amide bonds. The summed E-state index contributed by atoms with van der Waals surface area (Å²) in [6.07, 6.45) is 3.87. The van der Waals surface area contributed by atoms with Crippen molar-refractivity contribution >= 4 is 0 Å². The fourth-order valence-corrected chi connectivity index (χ4v) is 3.87. The standard InChI is InChI=1S/C17H28N4/c1-4-20-8-6-16(7-9-20)21-10-5-15(12-21)17-18-13(2)11-14(3)19-17/h11,15-16H,4-10,12H2,1-3H3. The van der Waals surface area contributed by atoms with Crippen LogP contribution in [0, 0.1) is 13.8 Å². The Labute approximate surface area is 128 Å². The molecule has 2 saturated heterocycles. The number of aromatic nitrogens is 2. The molecule has 0 aliphatic carbocycles. The van der Waals surface area contributed by atoms with Gasteiger partial charge in [0.2, 0.25) is 0 Å². The van der Waals surface area contributed by atoms with Crippen molar-refractivity contribution in [3.63, 3.8) is 0 Å². The van der Waals surface area contributed by atoms with Crippen molar-refractivity contribution in [3.8, 4) is 0 Å². The summed E-state index contributed by atoms with van der Waals surface area (Å²) in [5.74, 6) is 1.61. The molecule has 0 radical (unpaired) electrons. The predicted molar refractivity (Wildman–Crippen MR) is 85.6 cm³/mol. The van der Waals surface area contributed by atoms with Crippen molar-refractivity contribution in [3.05, 3.63) is 23.3 Å². The summed E-state index contributed by atoms with van der Waals surface area (Å²) in [6.45, 7) is 12.5.